The summed E-state index contributed by atoms with van der Waals surface area (Å²) in [5, 5.41) is 0. The van der Waals surface area contributed by atoms with E-state index in [4.69, 9.17) is 5.84 Å². The van der Waals surface area contributed by atoms with Crippen molar-refractivity contribution in [2.24, 2.45) is 5.84 Å². The highest BCUT2D eigenvalue weighted by Gasteiger charge is 2.11. The maximum atomic E-state index is 5.28. The second-order valence-electron chi connectivity index (χ2n) is 4.33. The Morgan fingerprint density at radius 2 is 2.13 bits per heavy atom. The molecule has 0 saturated carbocycles. The average Bonchev–Trinajstić information content (AvgIpc) is 2.65. The molecule has 0 aliphatic heterocycles. The fourth-order valence-electron chi connectivity index (χ4n) is 2.25. The van der Waals surface area contributed by atoms with Crippen molar-refractivity contribution in [2.45, 2.75) is 25.8 Å². The molecule has 3 heteroatoms. The van der Waals surface area contributed by atoms with Gasteiger partial charge >= 0.3 is 0 Å². The van der Waals surface area contributed by atoms with Gasteiger partial charge in [-0.1, -0.05) is 18.2 Å². The van der Waals surface area contributed by atoms with Gasteiger partial charge in [-0.05, 0) is 43.0 Å². The minimum atomic E-state index is 0.719. The van der Waals surface area contributed by atoms with Gasteiger partial charge in [0.15, 0.2) is 0 Å². The first-order valence-electron chi connectivity index (χ1n) is 5.52. The van der Waals surface area contributed by atoms with E-state index < -0.39 is 0 Å². The summed E-state index contributed by atoms with van der Waals surface area (Å²) in [4.78, 5) is 2.16. The number of nitrogens with zero attached hydrogens (tertiary/aromatic N) is 1. The summed E-state index contributed by atoms with van der Waals surface area (Å²) in [6.45, 7) is 1.68. The number of aryl methyl sites for hydroxylation is 2. The molecule has 0 bridgehead atoms. The molecule has 0 unspecified atom stereocenters. The SMILES string of the molecule is CN(CNN)Cc1ccc2c(c1)CCC2. The molecule has 0 fully saturated rings. The molecule has 0 radical (unpaired) electrons. The fraction of sp³-hybridized carbons (Fsp3) is 0.500. The molecule has 2 rings (SSSR count). The Balaban J connectivity index is 2.03. The van der Waals surface area contributed by atoms with Gasteiger partial charge in [-0.25, -0.2) is 5.43 Å². The van der Waals surface area contributed by atoms with E-state index in [9.17, 15) is 0 Å². The van der Waals surface area contributed by atoms with E-state index in [1.807, 2.05) is 0 Å². The molecule has 0 saturated heterocycles. The Bertz CT molecular complexity index is 336. The van der Waals surface area contributed by atoms with Crippen LogP contribution in [0.1, 0.15) is 23.1 Å². The lowest BCUT2D eigenvalue weighted by Gasteiger charge is -2.16. The zero-order valence-corrected chi connectivity index (χ0v) is 9.29. The third-order valence-corrected chi connectivity index (χ3v) is 2.98. The van der Waals surface area contributed by atoms with Crippen LogP contribution in [0.3, 0.4) is 0 Å². The lowest BCUT2D eigenvalue weighted by atomic mass is 10.1. The second kappa shape index (κ2) is 4.75. The van der Waals surface area contributed by atoms with Crippen LogP contribution >= 0.6 is 0 Å². The Morgan fingerprint density at radius 1 is 1.33 bits per heavy atom. The summed E-state index contributed by atoms with van der Waals surface area (Å²) < 4.78 is 0. The van der Waals surface area contributed by atoms with E-state index in [1.165, 1.54) is 24.8 Å². The molecular formula is C12H19N3. The van der Waals surface area contributed by atoms with Crippen LogP contribution < -0.4 is 11.3 Å². The largest absolute Gasteiger partial charge is 0.288 e. The van der Waals surface area contributed by atoms with Crippen LogP contribution in [0.15, 0.2) is 18.2 Å². The van der Waals surface area contributed by atoms with Gasteiger partial charge in [-0.3, -0.25) is 10.7 Å². The van der Waals surface area contributed by atoms with Crippen LogP contribution in [-0.4, -0.2) is 18.6 Å². The van der Waals surface area contributed by atoms with E-state index in [0.717, 1.165) is 13.2 Å². The minimum Gasteiger partial charge on any atom is -0.288 e. The number of nitrogens with two attached hydrogens (primary N) is 1. The van der Waals surface area contributed by atoms with Crippen LogP contribution in [0.25, 0.3) is 0 Å². The van der Waals surface area contributed by atoms with Crippen LogP contribution in [-0.2, 0) is 19.4 Å². The molecular weight excluding hydrogens is 186 g/mol. The molecule has 1 aliphatic carbocycles. The summed E-state index contributed by atoms with van der Waals surface area (Å²) in [5.74, 6) is 5.28. The molecule has 0 amide bonds. The first-order chi connectivity index (χ1) is 7.29. The predicted molar refractivity (Wildman–Crippen MR) is 62.1 cm³/mol. The van der Waals surface area contributed by atoms with Gasteiger partial charge in [-0.15, -0.1) is 0 Å². The molecule has 82 valence electrons. The molecule has 0 heterocycles. The van der Waals surface area contributed by atoms with Gasteiger partial charge in [0.05, 0.1) is 6.67 Å². The number of hydrazine groups is 1. The molecule has 1 aromatic rings. The van der Waals surface area contributed by atoms with Crippen molar-refractivity contribution >= 4 is 0 Å². The van der Waals surface area contributed by atoms with E-state index in [-0.39, 0.29) is 0 Å². The molecule has 15 heavy (non-hydrogen) atoms. The fourth-order valence-corrected chi connectivity index (χ4v) is 2.25. The first kappa shape index (κ1) is 10.6. The first-order valence-corrected chi connectivity index (χ1v) is 5.52. The number of fused-ring (bicyclic) bond motifs is 1. The van der Waals surface area contributed by atoms with Gasteiger partial charge in [0.1, 0.15) is 0 Å². The van der Waals surface area contributed by atoms with Crippen molar-refractivity contribution in [3.05, 3.63) is 34.9 Å². The van der Waals surface area contributed by atoms with Crippen molar-refractivity contribution in [3.8, 4) is 0 Å². The van der Waals surface area contributed by atoms with Crippen LogP contribution in [0.4, 0.5) is 0 Å². The molecule has 0 atom stereocenters. The molecule has 0 aromatic heterocycles. The standard InChI is InChI=1S/C12H19N3/c1-15(9-14-13)8-10-5-6-11-3-2-4-12(11)7-10/h5-7,14H,2-4,8-9,13H2,1H3. The van der Waals surface area contributed by atoms with Gasteiger partial charge in [0.25, 0.3) is 0 Å². The summed E-state index contributed by atoms with van der Waals surface area (Å²) in [5.41, 5.74) is 7.13. The summed E-state index contributed by atoms with van der Waals surface area (Å²) >= 11 is 0. The Hall–Kier alpha value is -0.900. The predicted octanol–water partition coefficient (Wildman–Crippen LogP) is 1.03. The number of hydrogen-bond donors (Lipinski definition) is 2. The zero-order valence-electron chi connectivity index (χ0n) is 9.29. The van der Waals surface area contributed by atoms with Gasteiger partial charge in [-0.2, -0.15) is 0 Å². The maximum absolute atomic E-state index is 5.28. The molecule has 1 aliphatic rings. The Morgan fingerprint density at radius 3 is 2.93 bits per heavy atom. The summed E-state index contributed by atoms with van der Waals surface area (Å²) in [6.07, 6.45) is 3.83. The summed E-state index contributed by atoms with van der Waals surface area (Å²) in [6, 6.07) is 6.86. The van der Waals surface area contributed by atoms with E-state index in [2.05, 4.69) is 35.6 Å². The van der Waals surface area contributed by atoms with Crippen molar-refractivity contribution in [1.29, 1.82) is 0 Å². The lowest BCUT2D eigenvalue weighted by molar-refractivity contribution is 0.301. The van der Waals surface area contributed by atoms with Crippen molar-refractivity contribution in [1.82, 2.24) is 10.3 Å². The van der Waals surface area contributed by atoms with Gasteiger partial charge in [0, 0.05) is 6.54 Å². The highest BCUT2D eigenvalue weighted by Crippen LogP contribution is 2.23. The number of nitrogens with one attached hydrogen (secondary N) is 1. The van der Waals surface area contributed by atoms with E-state index >= 15 is 0 Å². The highest BCUT2D eigenvalue weighted by atomic mass is 15.3. The van der Waals surface area contributed by atoms with Crippen molar-refractivity contribution < 1.29 is 0 Å². The van der Waals surface area contributed by atoms with Crippen LogP contribution in [0.2, 0.25) is 0 Å². The van der Waals surface area contributed by atoms with Crippen LogP contribution in [0.5, 0.6) is 0 Å². The lowest BCUT2D eigenvalue weighted by Crippen LogP contribution is -2.35. The van der Waals surface area contributed by atoms with E-state index in [0.29, 0.717) is 0 Å². The normalized spacial score (nSPS) is 14.6. The smallest absolute Gasteiger partial charge is 0.0612 e. The quantitative estimate of drug-likeness (QED) is 0.438. The Labute approximate surface area is 91.2 Å². The number of rotatable bonds is 4. The third-order valence-electron chi connectivity index (χ3n) is 2.98. The van der Waals surface area contributed by atoms with E-state index in [1.54, 1.807) is 11.1 Å². The third kappa shape index (κ3) is 2.56. The monoisotopic (exact) mass is 205 g/mol. The highest BCUT2D eigenvalue weighted by molar-refractivity contribution is 5.35. The topological polar surface area (TPSA) is 41.3 Å². The molecule has 3 N–H and O–H groups in total. The molecule has 1 aromatic carbocycles. The summed E-state index contributed by atoms with van der Waals surface area (Å²) in [7, 11) is 2.06. The Kier molecular flexibility index (Phi) is 3.36. The van der Waals surface area contributed by atoms with Crippen LogP contribution in [0, 0.1) is 0 Å². The van der Waals surface area contributed by atoms with Crippen molar-refractivity contribution in [3.63, 3.8) is 0 Å². The zero-order chi connectivity index (χ0) is 10.7. The number of hydrogen-bond acceptors (Lipinski definition) is 3. The molecule has 3 nitrogen and oxygen atoms in total. The minimum absolute atomic E-state index is 0.719. The van der Waals surface area contributed by atoms with Gasteiger partial charge in [0.2, 0.25) is 0 Å². The number of benzene rings is 1. The maximum Gasteiger partial charge on any atom is 0.0612 e. The molecule has 0 spiro atoms. The average molecular weight is 205 g/mol. The van der Waals surface area contributed by atoms with Crippen molar-refractivity contribution in [2.75, 3.05) is 13.7 Å². The second-order valence-corrected chi connectivity index (χ2v) is 4.33. The van der Waals surface area contributed by atoms with Gasteiger partial charge < -0.3 is 0 Å².